The van der Waals surface area contributed by atoms with Crippen molar-refractivity contribution in [2.75, 3.05) is 0 Å². The van der Waals surface area contributed by atoms with Crippen LogP contribution in [0.1, 0.15) is 11.1 Å². The lowest BCUT2D eigenvalue weighted by molar-refractivity contribution is -0.114. The van der Waals surface area contributed by atoms with Crippen LogP contribution in [-0.2, 0) is 11.3 Å². The molecule has 2 aliphatic rings. The third-order valence-electron chi connectivity index (χ3n) is 4.52. The highest BCUT2D eigenvalue weighted by Gasteiger charge is 2.31. The van der Waals surface area contributed by atoms with Gasteiger partial charge in [-0.05, 0) is 23.8 Å². The number of fused-ring (bicyclic) bond motifs is 3. The molecule has 27 heavy (non-hydrogen) atoms. The van der Waals surface area contributed by atoms with E-state index in [0.717, 1.165) is 22.4 Å². The highest BCUT2D eigenvalue weighted by Crippen LogP contribution is 2.38. The summed E-state index contributed by atoms with van der Waals surface area (Å²) in [4.78, 5) is 28.7. The zero-order valence-electron chi connectivity index (χ0n) is 14.5. The van der Waals surface area contributed by atoms with Gasteiger partial charge in [-0.3, -0.25) is 4.79 Å². The average Bonchev–Trinajstić information content (AvgIpc) is 3.06. The normalized spacial score (nSPS) is 17.0. The van der Waals surface area contributed by atoms with E-state index in [2.05, 4.69) is 15.6 Å². The Bertz CT molecular complexity index is 1010. The monoisotopic (exact) mass is 358 g/mol. The van der Waals surface area contributed by atoms with E-state index in [-0.39, 0.29) is 6.03 Å². The second-order valence-corrected chi connectivity index (χ2v) is 6.35. The topological polar surface area (TPSA) is 96.6 Å². The number of urea groups is 1. The van der Waals surface area contributed by atoms with Gasteiger partial charge in [-0.25, -0.2) is 9.79 Å². The SMILES string of the molecule is NC(=O)C1=CC(NC(=O)NCc2ccccc2)C2=Nc3ccccc3C2=C1. The molecule has 4 N–H and O–H groups in total. The van der Waals surface area contributed by atoms with Crippen molar-refractivity contribution in [2.24, 2.45) is 10.7 Å². The molecule has 0 saturated carbocycles. The maximum atomic E-state index is 12.4. The first-order valence-corrected chi connectivity index (χ1v) is 8.62. The first-order chi connectivity index (χ1) is 13.1. The first kappa shape index (κ1) is 16.8. The standard InChI is InChI=1S/C21H18N4O2/c22-20(26)14-10-16-15-8-4-5-9-17(15)24-19(16)18(11-14)25-21(27)23-12-13-6-2-1-3-7-13/h1-11,18H,12H2,(H2,22,26)(H2,23,25,27). The third kappa shape index (κ3) is 3.37. The number of nitrogens with zero attached hydrogens (tertiary/aromatic N) is 1. The lowest BCUT2D eigenvalue weighted by Gasteiger charge is -2.21. The van der Waals surface area contributed by atoms with Crippen LogP contribution < -0.4 is 16.4 Å². The fourth-order valence-corrected chi connectivity index (χ4v) is 3.21. The molecule has 2 aromatic rings. The summed E-state index contributed by atoms with van der Waals surface area (Å²) in [5.74, 6) is -0.539. The zero-order valence-corrected chi connectivity index (χ0v) is 14.5. The number of primary amides is 1. The van der Waals surface area contributed by atoms with Crippen molar-refractivity contribution in [1.82, 2.24) is 10.6 Å². The van der Waals surface area contributed by atoms with E-state index in [9.17, 15) is 9.59 Å². The van der Waals surface area contributed by atoms with Crippen molar-refractivity contribution in [3.05, 3.63) is 83.4 Å². The lowest BCUT2D eigenvalue weighted by Crippen LogP contribution is -2.46. The van der Waals surface area contributed by atoms with Gasteiger partial charge in [-0.2, -0.15) is 0 Å². The summed E-state index contributed by atoms with van der Waals surface area (Å²) in [6.07, 6.45) is 3.37. The van der Waals surface area contributed by atoms with Gasteiger partial charge in [0.2, 0.25) is 5.91 Å². The minimum Gasteiger partial charge on any atom is -0.366 e. The molecule has 1 heterocycles. The Morgan fingerprint density at radius 3 is 2.56 bits per heavy atom. The molecule has 1 aliphatic carbocycles. The van der Waals surface area contributed by atoms with Gasteiger partial charge in [0.25, 0.3) is 0 Å². The van der Waals surface area contributed by atoms with Crippen LogP contribution >= 0.6 is 0 Å². The van der Waals surface area contributed by atoms with Gasteiger partial charge in [-0.15, -0.1) is 0 Å². The molecule has 0 bridgehead atoms. The summed E-state index contributed by atoms with van der Waals surface area (Å²) in [5.41, 5.74) is 10.1. The molecule has 4 rings (SSSR count). The quantitative estimate of drug-likeness (QED) is 0.783. The van der Waals surface area contributed by atoms with E-state index >= 15 is 0 Å². The molecule has 6 nitrogen and oxygen atoms in total. The highest BCUT2D eigenvalue weighted by molar-refractivity contribution is 6.34. The summed E-state index contributed by atoms with van der Waals surface area (Å²) in [6, 6.07) is 16.4. The number of carbonyl (C=O) groups is 2. The van der Waals surface area contributed by atoms with E-state index in [1.54, 1.807) is 12.2 Å². The number of hydrogen-bond donors (Lipinski definition) is 3. The predicted octanol–water partition coefficient (Wildman–Crippen LogP) is 2.45. The molecule has 134 valence electrons. The Hall–Kier alpha value is -3.67. The van der Waals surface area contributed by atoms with Crippen molar-refractivity contribution in [1.29, 1.82) is 0 Å². The molecular weight excluding hydrogens is 340 g/mol. The second kappa shape index (κ2) is 6.92. The van der Waals surface area contributed by atoms with Crippen LogP contribution in [0.4, 0.5) is 10.5 Å². The Balaban J connectivity index is 1.54. The number of hydrogen-bond acceptors (Lipinski definition) is 3. The van der Waals surface area contributed by atoms with E-state index in [4.69, 9.17) is 5.73 Å². The molecule has 0 aromatic heterocycles. The molecule has 0 saturated heterocycles. The van der Waals surface area contributed by atoms with Crippen molar-refractivity contribution in [3.8, 4) is 0 Å². The van der Waals surface area contributed by atoms with Crippen LogP contribution in [0.15, 0.2) is 77.3 Å². The van der Waals surface area contributed by atoms with E-state index in [0.29, 0.717) is 17.8 Å². The minimum absolute atomic E-state index is 0.344. The number of nitrogens with one attached hydrogen (secondary N) is 2. The first-order valence-electron chi connectivity index (χ1n) is 8.62. The predicted molar refractivity (Wildman–Crippen MR) is 104 cm³/mol. The van der Waals surface area contributed by atoms with Crippen LogP contribution in [-0.4, -0.2) is 23.7 Å². The zero-order chi connectivity index (χ0) is 18.8. The molecule has 0 fully saturated rings. The fraction of sp³-hybridized carbons (Fsp3) is 0.0952. The number of para-hydroxylation sites is 1. The number of aliphatic imine (C=N–C) groups is 1. The smallest absolute Gasteiger partial charge is 0.315 e. The van der Waals surface area contributed by atoms with E-state index in [1.165, 1.54) is 0 Å². The molecule has 1 unspecified atom stereocenters. The molecule has 6 heteroatoms. The van der Waals surface area contributed by atoms with Gasteiger partial charge < -0.3 is 16.4 Å². The van der Waals surface area contributed by atoms with E-state index < -0.39 is 11.9 Å². The maximum absolute atomic E-state index is 12.4. The number of nitrogens with two attached hydrogens (primary N) is 1. The third-order valence-corrected chi connectivity index (χ3v) is 4.52. The number of amides is 3. The van der Waals surface area contributed by atoms with Gasteiger partial charge in [0, 0.05) is 23.3 Å². The van der Waals surface area contributed by atoms with Crippen molar-refractivity contribution in [3.63, 3.8) is 0 Å². The van der Waals surface area contributed by atoms with Crippen molar-refractivity contribution >= 4 is 28.9 Å². The van der Waals surface area contributed by atoms with Gasteiger partial charge in [0.1, 0.15) is 0 Å². The van der Waals surface area contributed by atoms with Crippen molar-refractivity contribution in [2.45, 2.75) is 12.6 Å². The van der Waals surface area contributed by atoms with Crippen LogP contribution in [0.25, 0.3) is 5.57 Å². The average molecular weight is 358 g/mol. The highest BCUT2D eigenvalue weighted by atomic mass is 16.2. The summed E-state index contributed by atoms with van der Waals surface area (Å²) in [6.45, 7) is 0.404. The molecule has 1 aliphatic heterocycles. The fourth-order valence-electron chi connectivity index (χ4n) is 3.21. The number of benzene rings is 2. The second-order valence-electron chi connectivity index (χ2n) is 6.35. The van der Waals surface area contributed by atoms with Crippen LogP contribution in [0.5, 0.6) is 0 Å². The summed E-state index contributed by atoms with van der Waals surface area (Å²) >= 11 is 0. The molecule has 0 radical (unpaired) electrons. The maximum Gasteiger partial charge on any atom is 0.315 e. The summed E-state index contributed by atoms with van der Waals surface area (Å²) in [7, 11) is 0. The van der Waals surface area contributed by atoms with Gasteiger partial charge in [-0.1, -0.05) is 48.5 Å². The lowest BCUT2D eigenvalue weighted by atomic mass is 9.90. The molecule has 3 amide bonds. The van der Waals surface area contributed by atoms with Crippen LogP contribution in [0, 0.1) is 0 Å². The van der Waals surface area contributed by atoms with Gasteiger partial charge in [0.05, 0.1) is 17.4 Å². The summed E-state index contributed by atoms with van der Waals surface area (Å²) in [5, 5.41) is 5.70. The van der Waals surface area contributed by atoms with Crippen molar-refractivity contribution < 1.29 is 9.59 Å². The Morgan fingerprint density at radius 2 is 1.78 bits per heavy atom. The van der Waals surface area contributed by atoms with E-state index in [1.807, 2.05) is 54.6 Å². The largest absolute Gasteiger partial charge is 0.366 e. The van der Waals surface area contributed by atoms with Gasteiger partial charge in [0.15, 0.2) is 0 Å². The van der Waals surface area contributed by atoms with Crippen LogP contribution in [0.3, 0.4) is 0 Å². The molecular formula is C21H18N4O2. The Kier molecular flexibility index (Phi) is 4.30. The molecule has 2 aromatic carbocycles. The van der Waals surface area contributed by atoms with Crippen LogP contribution in [0.2, 0.25) is 0 Å². The number of rotatable bonds is 4. The minimum atomic E-state index is -0.539. The molecule has 1 atom stereocenters. The van der Waals surface area contributed by atoms with Gasteiger partial charge >= 0.3 is 6.03 Å². The molecule has 0 spiro atoms. The number of carbonyl (C=O) groups excluding carboxylic acids is 2. The Labute approximate surface area is 156 Å². The summed E-state index contributed by atoms with van der Waals surface area (Å²) < 4.78 is 0. The Morgan fingerprint density at radius 1 is 1.04 bits per heavy atom.